The van der Waals surface area contributed by atoms with Gasteiger partial charge >= 0.3 is 24.3 Å². The van der Waals surface area contributed by atoms with Gasteiger partial charge in [-0.25, -0.2) is 0 Å². The number of aliphatic hydroxyl groups is 4. The molecule has 20 heteroatoms. The number of allylic oxidation sites excluding steroid dienone is 4. The van der Waals surface area contributed by atoms with E-state index >= 15 is 0 Å². The number of carbonyl (C=O) groups excluding carboxylic acids is 2. The highest BCUT2D eigenvalue weighted by Crippen LogP contribution is 2.45. The van der Waals surface area contributed by atoms with Crippen molar-refractivity contribution >= 4 is 28.6 Å². The van der Waals surface area contributed by atoms with Crippen LogP contribution in [0.4, 0.5) is 26.3 Å². The van der Waals surface area contributed by atoms with Crippen LogP contribution in [0.15, 0.2) is 97.1 Å². The summed E-state index contributed by atoms with van der Waals surface area (Å²) in [5.41, 5.74) is -1.60. The van der Waals surface area contributed by atoms with Crippen LogP contribution in [0.25, 0.3) is 0 Å². The topological polar surface area (TPSA) is 170 Å². The molecular formula is C64H98F6O12Si2. The van der Waals surface area contributed by atoms with E-state index in [2.05, 4.69) is 86.0 Å². The number of benzene rings is 2. The molecule has 476 valence electrons. The minimum absolute atomic E-state index is 0.0101. The quantitative estimate of drug-likeness (QED) is 0.0209. The smallest absolute Gasteiger partial charge is 0.416 e. The summed E-state index contributed by atoms with van der Waals surface area (Å²) in [7, 11) is -4.50. The normalized spacial score (nSPS) is 22.8. The van der Waals surface area contributed by atoms with E-state index in [-0.39, 0.29) is 95.1 Å². The summed E-state index contributed by atoms with van der Waals surface area (Å²) in [6.45, 7) is 28.7. The van der Waals surface area contributed by atoms with Crippen LogP contribution in [0.2, 0.25) is 36.3 Å². The number of carbonyl (C=O) groups is 2. The molecule has 0 amide bonds. The molecule has 2 aromatic rings. The molecule has 2 fully saturated rings. The van der Waals surface area contributed by atoms with Crippen LogP contribution in [0.1, 0.15) is 145 Å². The average Bonchev–Trinajstić information content (AvgIpc) is 3.99. The van der Waals surface area contributed by atoms with Crippen molar-refractivity contribution in [2.24, 2.45) is 23.7 Å². The maximum atomic E-state index is 13.4. The fourth-order valence-electron chi connectivity index (χ4n) is 9.32. The number of halogens is 6. The first-order chi connectivity index (χ1) is 38.8. The monoisotopic (exact) mass is 1230 g/mol. The predicted octanol–water partition coefficient (Wildman–Crippen LogP) is 14.9. The van der Waals surface area contributed by atoms with E-state index in [0.29, 0.717) is 51.4 Å². The van der Waals surface area contributed by atoms with Crippen LogP contribution in [0.5, 0.6) is 11.5 Å². The maximum Gasteiger partial charge on any atom is 0.416 e. The van der Waals surface area contributed by atoms with Gasteiger partial charge in [0.1, 0.15) is 30.8 Å². The van der Waals surface area contributed by atoms with Crippen LogP contribution in [0.3, 0.4) is 0 Å². The van der Waals surface area contributed by atoms with Crippen molar-refractivity contribution in [2.75, 3.05) is 13.2 Å². The number of hydrogen-bond donors (Lipinski definition) is 4. The number of aliphatic hydroxyl groups excluding tert-OH is 4. The molecule has 2 aliphatic rings. The van der Waals surface area contributed by atoms with E-state index in [1.807, 2.05) is 32.1 Å². The summed E-state index contributed by atoms with van der Waals surface area (Å²) >= 11 is 0. The van der Waals surface area contributed by atoms with Crippen LogP contribution < -0.4 is 9.47 Å². The van der Waals surface area contributed by atoms with E-state index in [1.54, 1.807) is 19.9 Å². The Bertz CT molecular complexity index is 2430. The molecule has 10 atom stereocenters. The molecular weight excluding hydrogens is 1130 g/mol. The Hall–Kier alpha value is -4.29. The van der Waals surface area contributed by atoms with Gasteiger partial charge < -0.3 is 48.2 Å². The molecule has 0 heterocycles. The third-order valence-corrected chi connectivity index (χ3v) is 25.0. The molecule has 4 N–H and O–H groups in total. The van der Waals surface area contributed by atoms with Crippen LogP contribution in [-0.4, -0.2) is 111 Å². The lowest BCUT2D eigenvalue weighted by atomic mass is 9.89. The van der Waals surface area contributed by atoms with Gasteiger partial charge in [0.15, 0.2) is 16.6 Å². The fourth-order valence-corrected chi connectivity index (χ4v) is 11.9. The Balaban J connectivity index is 0.000000465. The zero-order valence-corrected chi connectivity index (χ0v) is 54.0. The van der Waals surface area contributed by atoms with Crippen LogP contribution in [-0.2, 0) is 40.3 Å². The van der Waals surface area contributed by atoms with Crippen molar-refractivity contribution in [3.63, 3.8) is 0 Å². The summed E-state index contributed by atoms with van der Waals surface area (Å²) in [5.74, 6) is -1.17. The van der Waals surface area contributed by atoms with Gasteiger partial charge in [0.05, 0.1) is 53.9 Å². The van der Waals surface area contributed by atoms with Crippen molar-refractivity contribution in [2.45, 2.75) is 231 Å². The van der Waals surface area contributed by atoms with E-state index in [0.717, 1.165) is 30.7 Å². The second-order valence-corrected chi connectivity index (χ2v) is 35.3. The largest absolute Gasteiger partial charge is 0.491 e. The first kappa shape index (κ1) is 74.0. The van der Waals surface area contributed by atoms with Gasteiger partial charge in [-0.2, -0.15) is 26.3 Å². The minimum atomic E-state index is -4.49. The van der Waals surface area contributed by atoms with Crippen molar-refractivity contribution in [1.82, 2.24) is 0 Å². The molecule has 0 spiro atoms. The third-order valence-electron chi connectivity index (χ3n) is 16.0. The first-order valence-electron chi connectivity index (χ1n) is 29.5. The summed E-state index contributed by atoms with van der Waals surface area (Å²) in [4.78, 5) is 23.4. The highest BCUT2D eigenvalue weighted by Gasteiger charge is 2.47. The Morgan fingerprint density at radius 1 is 0.607 bits per heavy atom. The lowest BCUT2D eigenvalue weighted by molar-refractivity contribution is -0.148. The van der Waals surface area contributed by atoms with Gasteiger partial charge in [0, 0.05) is 31.1 Å². The Morgan fingerprint density at radius 2 is 1.05 bits per heavy atom. The first-order valence-corrected chi connectivity index (χ1v) is 35.4. The highest BCUT2D eigenvalue weighted by molar-refractivity contribution is 6.74. The van der Waals surface area contributed by atoms with Crippen LogP contribution >= 0.6 is 0 Å². The van der Waals surface area contributed by atoms with E-state index in [9.17, 15) is 56.4 Å². The Labute approximate surface area is 498 Å². The lowest BCUT2D eigenvalue weighted by Crippen LogP contribution is -2.45. The maximum absolute atomic E-state index is 13.4. The minimum Gasteiger partial charge on any atom is -0.491 e. The number of alkyl halides is 6. The van der Waals surface area contributed by atoms with E-state index in [1.165, 1.54) is 30.3 Å². The Kier molecular flexibility index (Phi) is 29.2. The molecule has 84 heavy (non-hydrogen) atoms. The molecule has 2 aliphatic carbocycles. The molecule has 2 saturated carbocycles. The molecule has 0 radical (unpaired) electrons. The van der Waals surface area contributed by atoms with Crippen molar-refractivity contribution in [3.05, 3.63) is 108 Å². The summed E-state index contributed by atoms with van der Waals surface area (Å²) < 4.78 is 114. The molecule has 12 nitrogen and oxygen atoms in total. The third kappa shape index (κ3) is 25.6. The molecule has 0 aromatic heterocycles. The van der Waals surface area contributed by atoms with Gasteiger partial charge in [0.25, 0.3) is 0 Å². The van der Waals surface area contributed by atoms with Crippen molar-refractivity contribution in [3.8, 4) is 11.5 Å². The van der Waals surface area contributed by atoms with Crippen molar-refractivity contribution < 1.29 is 84.2 Å². The van der Waals surface area contributed by atoms with E-state index in [4.69, 9.17) is 27.8 Å². The zero-order chi connectivity index (χ0) is 63.4. The molecule has 0 bridgehead atoms. The number of unbranched alkanes of at least 4 members (excludes halogenated alkanes) is 2. The molecule has 0 aliphatic heterocycles. The summed E-state index contributed by atoms with van der Waals surface area (Å²) in [6.07, 6.45) is 7.32. The lowest BCUT2D eigenvalue weighted by Gasteiger charge is -2.40. The van der Waals surface area contributed by atoms with Crippen molar-refractivity contribution in [1.29, 1.82) is 0 Å². The average molecular weight is 1230 g/mol. The number of ether oxygens (including phenoxy) is 4. The predicted molar refractivity (Wildman–Crippen MR) is 321 cm³/mol. The number of rotatable bonds is 28. The van der Waals surface area contributed by atoms with Gasteiger partial charge in [0.2, 0.25) is 0 Å². The Morgan fingerprint density at radius 3 is 1.50 bits per heavy atom. The molecule has 2 aromatic carbocycles. The second-order valence-electron chi connectivity index (χ2n) is 25.8. The fraction of sp³-hybridized carbons (Fsp3) is 0.656. The summed E-state index contributed by atoms with van der Waals surface area (Å²) in [5, 5.41) is 42.1. The zero-order valence-electron chi connectivity index (χ0n) is 52.0. The second kappa shape index (κ2) is 33.2. The SMILES string of the molecule is CC(C)OC(=O)CCC/C=C\C[C@H]1[C@@H](O)CC(O)[C@@H]1/C=C/C(O)COc1cccc(C(F)(F)F)c1.CC(C)OC(=O)CCC/C=C\C[C@H]1[C@@H](O)CC(O[Si](C)(C)C(C)(C)C)[C@@H]1/C=C/C(COc1cccc(C(F)(F)F)c1)O[Si](C)(C)C(C)(C)C. The summed E-state index contributed by atoms with van der Waals surface area (Å²) in [6, 6.07) is 9.31. The molecule has 4 rings (SSSR count). The van der Waals surface area contributed by atoms with E-state index < -0.39 is 70.6 Å². The highest BCUT2D eigenvalue weighted by atomic mass is 28.4. The van der Waals surface area contributed by atoms with Gasteiger partial charge in [-0.05, 0) is 157 Å². The standard InChI is InChI=1S/C38H63F3O6Si2.C26H35F3O6/c1-27(2)45-35(43)21-16-14-13-15-20-31-32(34(25-33(31)42)47-49(11,12)37(6,7)8)23-22-30(46-48(9,10)36(3,4)5)26-44-29-19-17-18-28(24-29)38(39,40)41;1-17(2)35-25(33)11-6-4-3-5-10-21-22(24(32)15-23(21)31)13-12-19(30)16-34-20-9-7-8-18(14-20)26(27,28)29/h13,15,17-19,22-24,27,30-34,42H,14,16,20-21,25-26H2,1-12H3;3,5,7-9,12-14,17,19,21-24,30-32H,4,6,10-11,15-16H2,1-2H3/b15-13-,23-22+;5-3-,13-12+/t30?,31-,32-,33+,34?;19?,21-,22-,23+,24?/m11/s1. The van der Waals surface area contributed by atoms with Gasteiger partial charge in [-0.1, -0.05) is 102 Å². The number of hydrogen-bond acceptors (Lipinski definition) is 12. The molecule has 0 saturated heterocycles. The van der Waals surface area contributed by atoms with Crippen LogP contribution in [0, 0.1) is 23.7 Å². The van der Waals surface area contributed by atoms with Gasteiger partial charge in [-0.3, -0.25) is 9.59 Å². The van der Waals surface area contributed by atoms with Gasteiger partial charge in [-0.15, -0.1) is 0 Å². The molecule has 4 unspecified atom stereocenters. The number of esters is 2.